The second kappa shape index (κ2) is 5.62. The third-order valence-corrected chi connectivity index (χ3v) is 4.48. The molecule has 0 spiro atoms. The monoisotopic (exact) mass is 332 g/mol. The maximum Gasteiger partial charge on any atom is 0.193 e. The average molecular weight is 332 g/mol. The fourth-order valence-corrected chi connectivity index (χ4v) is 3.59. The Hall–Kier alpha value is -2.81. The van der Waals surface area contributed by atoms with E-state index in [2.05, 4.69) is 26.8 Å². The van der Waals surface area contributed by atoms with E-state index in [9.17, 15) is 4.79 Å². The zero-order valence-electron chi connectivity index (χ0n) is 14.6. The van der Waals surface area contributed by atoms with Gasteiger partial charge in [-0.2, -0.15) is 0 Å². The molecule has 1 aromatic heterocycles. The van der Waals surface area contributed by atoms with Gasteiger partial charge in [0.15, 0.2) is 5.43 Å². The van der Waals surface area contributed by atoms with Crippen LogP contribution in [0.1, 0.15) is 26.3 Å². The summed E-state index contributed by atoms with van der Waals surface area (Å²) in [5.41, 5.74) is 3.26. The third kappa shape index (κ3) is 2.76. The first-order valence-electron chi connectivity index (χ1n) is 8.45. The second-order valence-electron chi connectivity index (χ2n) is 7.07. The summed E-state index contributed by atoms with van der Waals surface area (Å²) < 4.78 is 12.3. The molecular formula is C22H20O3. The lowest BCUT2D eigenvalue weighted by atomic mass is 9.96. The lowest BCUT2D eigenvalue weighted by Gasteiger charge is -2.20. The molecule has 3 nitrogen and oxygen atoms in total. The zero-order valence-corrected chi connectivity index (χ0v) is 14.6. The van der Waals surface area contributed by atoms with Gasteiger partial charge < -0.3 is 9.15 Å². The molecule has 2 heterocycles. The van der Waals surface area contributed by atoms with Crippen molar-refractivity contribution in [2.75, 3.05) is 0 Å². The van der Waals surface area contributed by atoms with Crippen LogP contribution in [-0.4, -0.2) is 5.60 Å². The minimum Gasteiger partial charge on any atom is -0.483 e. The van der Waals surface area contributed by atoms with Gasteiger partial charge in [0.2, 0.25) is 0 Å². The summed E-state index contributed by atoms with van der Waals surface area (Å²) in [5.74, 6) is 1.38. The van der Waals surface area contributed by atoms with Crippen LogP contribution in [0.2, 0.25) is 0 Å². The summed E-state index contributed by atoms with van der Waals surface area (Å²) in [5, 5.41) is 0.600. The fraction of sp³-hybridized carbons (Fsp3) is 0.227. The second-order valence-corrected chi connectivity index (χ2v) is 7.07. The molecule has 1 atom stereocenters. The maximum absolute atomic E-state index is 12.6. The minimum absolute atomic E-state index is 0.0290. The van der Waals surface area contributed by atoms with Crippen molar-refractivity contribution in [2.24, 2.45) is 0 Å². The van der Waals surface area contributed by atoms with Crippen LogP contribution >= 0.6 is 0 Å². The Morgan fingerprint density at radius 1 is 1.12 bits per heavy atom. The quantitative estimate of drug-likeness (QED) is 0.611. The van der Waals surface area contributed by atoms with Gasteiger partial charge in [-0.3, -0.25) is 4.79 Å². The molecule has 1 aliphatic rings. The summed E-state index contributed by atoms with van der Waals surface area (Å²) in [6.45, 7) is 6.18. The first kappa shape index (κ1) is 15.7. The van der Waals surface area contributed by atoms with Crippen LogP contribution in [0.15, 0.2) is 69.4 Å². The first-order chi connectivity index (χ1) is 12.0. The van der Waals surface area contributed by atoms with Gasteiger partial charge in [-0.25, -0.2) is 0 Å². The van der Waals surface area contributed by atoms with Crippen molar-refractivity contribution in [3.8, 4) is 17.1 Å². The van der Waals surface area contributed by atoms with Crippen molar-refractivity contribution >= 4 is 11.0 Å². The predicted molar refractivity (Wildman–Crippen MR) is 100 cm³/mol. The largest absolute Gasteiger partial charge is 0.483 e. The van der Waals surface area contributed by atoms with Crippen LogP contribution < -0.4 is 10.2 Å². The van der Waals surface area contributed by atoms with E-state index in [1.807, 2.05) is 36.4 Å². The van der Waals surface area contributed by atoms with Crippen molar-refractivity contribution in [3.63, 3.8) is 0 Å². The minimum atomic E-state index is -0.406. The zero-order chi connectivity index (χ0) is 17.6. The predicted octanol–water partition coefficient (Wildman–Crippen LogP) is 5.12. The van der Waals surface area contributed by atoms with Crippen molar-refractivity contribution in [3.05, 3.63) is 76.0 Å². The van der Waals surface area contributed by atoms with Gasteiger partial charge in [0.25, 0.3) is 0 Å². The average Bonchev–Trinajstić information content (AvgIpc) is 2.91. The molecule has 0 N–H and O–H groups in total. The van der Waals surface area contributed by atoms with E-state index >= 15 is 0 Å². The molecule has 4 rings (SSSR count). The van der Waals surface area contributed by atoms with Gasteiger partial charge in [0.05, 0.1) is 5.39 Å². The van der Waals surface area contributed by atoms with E-state index in [0.29, 0.717) is 23.2 Å². The van der Waals surface area contributed by atoms with Crippen LogP contribution in [0.5, 0.6) is 5.75 Å². The van der Waals surface area contributed by atoms with Crippen LogP contribution in [-0.2, 0) is 6.42 Å². The Kier molecular flexibility index (Phi) is 3.53. The van der Waals surface area contributed by atoms with Gasteiger partial charge in [-0.05, 0) is 39.0 Å². The van der Waals surface area contributed by atoms with Crippen LogP contribution in [0.3, 0.4) is 0 Å². The van der Waals surface area contributed by atoms with E-state index in [1.54, 1.807) is 12.1 Å². The van der Waals surface area contributed by atoms with Gasteiger partial charge >= 0.3 is 0 Å². The number of rotatable bonds is 2. The highest BCUT2D eigenvalue weighted by atomic mass is 16.5. The van der Waals surface area contributed by atoms with Gasteiger partial charge in [-0.15, -0.1) is 0 Å². The molecule has 2 aromatic carbocycles. The topological polar surface area (TPSA) is 39.4 Å². The molecule has 0 bridgehead atoms. The summed E-state index contributed by atoms with van der Waals surface area (Å²) in [6.07, 6.45) is 2.81. The summed E-state index contributed by atoms with van der Waals surface area (Å²) in [7, 11) is 0. The summed E-state index contributed by atoms with van der Waals surface area (Å²) in [6, 6.07) is 14.9. The highest BCUT2D eigenvalue weighted by Gasteiger charge is 2.35. The Morgan fingerprint density at radius 2 is 1.88 bits per heavy atom. The van der Waals surface area contributed by atoms with Crippen molar-refractivity contribution in [1.29, 1.82) is 0 Å². The molecule has 25 heavy (non-hydrogen) atoms. The number of hydrogen-bond donors (Lipinski definition) is 0. The molecule has 0 aliphatic carbocycles. The Labute approximate surface area is 146 Å². The molecule has 0 fully saturated rings. The van der Waals surface area contributed by atoms with Gasteiger partial charge in [-0.1, -0.05) is 35.9 Å². The SMILES string of the molecule is CC(C)=CC1(C)Cc2c(ccc3c(=O)cc(-c4ccccc4)oc23)O1. The van der Waals surface area contributed by atoms with Crippen LogP contribution in [0.4, 0.5) is 0 Å². The number of benzene rings is 2. The maximum atomic E-state index is 12.6. The van der Waals surface area contributed by atoms with Crippen molar-refractivity contribution in [2.45, 2.75) is 32.8 Å². The molecule has 3 heteroatoms. The molecule has 0 saturated carbocycles. The normalized spacial score (nSPS) is 18.7. The Morgan fingerprint density at radius 3 is 2.60 bits per heavy atom. The van der Waals surface area contributed by atoms with Crippen molar-refractivity contribution in [1.82, 2.24) is 0 Å². The van der Waals surface area contributed by atoms with E-state index < -0.39 is 5.60 Å². The number of fused-ring (bicyclic) bond motifs is 3. The Bertz CT molecular complexity index is 1040. The summed E-state index contributed by atoms with van der Waals surface area (Å²) >= 11 is 0. The van der Waals surface area contributed by atoms with Crippen molar-refractivity contribution < 1.29 is 9.15 Å². The molecule has 1 aliphatic heterocycles. The third-order valence-electron chi connectivity index (χ3n) is 4.48. The summed E-state index contributed by atoms with van der Waals surface area (Å²) in [4.78, 5) is 12.6. The van der Waals surface area contributed by atoms with E-state index in [-0.39, 0.29) is 5.43 Å². The highest BCUT2D eigenvalue weighted by molar-refractivity contribution is 5.84. The molecule has 0 amide bonds. The molecule has 1 unspecified atom stereocenters. The first-order valence-corrected chi connectivity index (χ1v) is 8.45. The molecule has 0 radical (unpaired) electrons. The lowest BCUT2D eigenvalue weighted by Crippen LogP contribution is -2.27. The smallest absolute Gasteiger partial charge is 0.193 e. The number of hydrogen-bond acceptors (Lipinski definition) is 3. The Balaban J connectivity index is 1.92. The molecule has 126 valence electrons. The van der Waals surface area contributed by atoms with Gasteiger partial charge in [0, 0.05) is 23.6 Å². The molecular weight excluding hydrogens is 312 g/mol. The highest BCUT2D eigenvalue weighted by Crippen LogP contribution is 2.40. The van der Waals surface area contributed by atoms with Crippen LogP contribution in [0.25, 0.3) is 22.3 Å². The van der Waals surface area contributed by atoms with E-state index in [4.69, 9.17) is 9.15 Å². The fourth-order valence-electron chi connectivity index (χ4n) is 3.59. The molecule has 0 saturated heterocycles. The standard InChI is InChI=1S/C22H20O3/c1-14(2)12-22(3)13-17-19(25-22)10-9-16-18(23)11-20(24-21(16)17)15-7-5-4-6-8-15/h4-12H,13H2,1-3H3. The van der Waals surface area contributed by atoms with E-state index in [1.165, 1.54) is 5.57 Å². The van der Waals surface area contributed by atoms with Gasteiger partial charge in [0.1, 0.15) is 22.7 Å². The number of ether oxygens (including phenoxy) is 1. The van der Waals surface area contributed by atoms with E-state index in [0.717, 1.165) is 16.9 Å². The molecule has 3 aromatic rings. The van der Waals surface area contributed by atoms with Crippen LogP contribution in [0, 0.1) is 0 Å². The lowest BCUT2D eigenvalue weighted by molar-refractivity contribution is 0.170. The number of allylic oxidation sites excluding steroid dienone is 1.